The predicted molar refractivity (Wildman–Crippen MR) is 156 cm³/mol. The minimum Gasteiger partial charge on any atom is -0.366 e. The van der Waals surface area contributed by atoms with Gasteiger partial charge < -0.3 is 4.74 Å². The van der Waals surface area contributed by atoms with Crippen molar-refractivity contribution in [2.45, 2.75) is 88.4 Å². The number of hydrogen-bond acceptors (Lipinski definition) is 9. The summed E-state index contributed by atoms with van der Waals surface area (Å²) in [6.07, 6.45) is 7.34. The zero-order chi connectivity index (χ0) is 30.3. The van der Waals surface area contributed by atoms with E-state index in [1.54, 1.807) is 19.1 Å². The van der Waals surface area contributed by atoms with Gasteiger partial charge >= 0.3 is 5.92 Å². The fourth-order valence-electron chi connectivity index (χ4n) is 5.78. The van der Waals surface area contributed by atoms with Crippen molar-refractivity contribution in [2.75, 3.05) is 18.8 Å². The second kappa shape index (κ2) is 11.8. The number of piperidine rings is 1. The average Bonchev–Trinajstić information content (AvgIpc) is 3.41. The molecule has 5 heterocycles. The molecule has 12 heteroatoms. The Morgan fingerprint density at radius 3 is 2.48 bits per heavy atom. The highest BCUT2D eigenvalue weighted by molar-refractivity contribution is 7.91. The number of halogens is 2. The van der Waals surface area contributed by atoms with Crippen LogP contribution in [0.15, 0.2) is 41.7 Å². The van der Waals surface area contributed by atoms with Crippen LogP contribution < -0.4 is 0 Å². The van der Waals surface area contributed by atoms with E-state index in [-0.39, 0.29) is 35.0 Å². The molecule has 5 rings (SSSR count). The summed E-state index contributed by atoms with van der Waals surface area (Å²) >= 11 is 1.52. The van der Waals surface area contributed by atoms with Crippen LogP contribution in [0.4, 0.5) is 8.78 Å². The van der Waals surface area contributed by atoms with E-state index in [2.05, 4.69) is 26.8 Å². The lowest BCUT2D eigenvalue weighted by Crippen LogP contribution is -2.48. The number of pyridine rings is 1. The first-order chi connectivity index (χ1) is 19.8. The van der Waals surface area contributed by atoms with Crippen molar-refractivity contribution in [3.8, 4) is 0 Å². The summed E-state index contributed by atoms with van der Waals surface area (Å²) in [5, 5.41) is 0. The Balaban J connectivity index is 1.25. The van der Waals surface area contributed by atoms with Gasteiger partial charge in [0.2, 0.25) is 0 Å². The number of ketones is 1. The van der Waals surface area contributed by atoms with Gasteiger partial charge in [0, 0.05) is 67.2 Å². The third kappa shape index (κ3) is 6.31. The molecule has 2 aliphatic rings. The summed E-state index contributed by atoms with van der Waals surface area (Å²) in [4.78, 5) is 29.6. The van der Waals surface area contributed by atoms with Crippen molar-refractivity contribution in [3.63, 3.8) is 0 Å². The molecule has 2 aliphatic heterocycles. The molecular weight excluding hydrogens is 582 g/mol. The average molecular weight is 619 g/mol. The van der Waals surface area contributed by atoms with Gasteiger partial charge in [-0.1, -0.05) is 6.92 Å². The molecule has 3 aromatic rings. The number of carbonyl (C=O) groups excluding carboxylic acids is 1. The number of alkyl halides is 2. The highest BCUT2D eigenvalue weighted by atomic mass is 32.2. The number of fused-ring (bicyclic) bond motifs is 2. The molecule has 0 aromatic carbocycles. The fraction of sp³-hybridized carbons (Fsp3) is 0.533. The third-order valence-electron chi connectivity index (χ3n) is 8.28. The van der Waals surface area contributed by atoms with Gasteiger partial charge in [0.05, 0.1) is 21.6 Å². The van der Waals surface area contributed by atoms with Crippen LogP contribution in [0.5, 0.6) is 0 Å². The Hall–Kier alpha value is -2.67. The molecule has 1 spiro atoms. The zero-order valence-corrected chi connectivity index (χ0v) is 25.9. The second-order valence-corrected chi connectivity index (χ2v) is 14.7. The largest absolute Gasteiger partial charge is 0.366 e. The molecule has 8 nitrogen and oxygen atoms in total. The molecule has 0 bridgehead atoms. The lowest BCUT2D eigenvalue weighted by molar-refractivity contribution is -0.134. The van der Waals surface area contributed by atoms with E-state index in [0.29, 0.717) is 17.0 Å². The maximum atomic E-state index is 13.5. The Morgan fingerprint density at radius 2 is 1.88 bits per heavy atom. The van der Waals surface area contributed by atoms with Crippen molar-refractivity contribution < 1.29 is 26.7 Å². The first kappa shape index (κ1) is 30.8. The number of likely N-dealkylation sites (tertiary alicyclic amines) is 1. The van der Waals surface area contributed by atoms with Gasteiger partial charge in [0.1, 0.15) is 5.60 Å². The molecule has 3 aromatic heterocycles. The van der Waals surface area contributed by atoms with Crippen LogP contribution in [0.25, 0.3) is 0 Å². The van der Waals surface area contributed by atoms with Crippen LogP contribution in [0.1, 0.15) is 90.2 Å². The number of ether oxygens (including phenoxy) is 1. The molecule has 1 saturated heterocycles. The van der Waals surface area contributed by atoms with E-state index in [9.17, 15) is 22.0 Å². The Morgan fingerprint density at radius 1 is 1.19 bits per heavy atom. The van der Waals surface area contributed by atoms with Crippen molar-refractivity contribution in [2.24, 2.45) is 0 Å². The van der Waals surface area contributed by atoms with E-state index in [1.165, 1.54) is 35.5 Å². The molecule has 0 aliphatic carbocycles. The maximum absolute atomic E-state index is 13.5. The maximum Gasteiger partial charge on any atom is 0.303 e. The van der Waals surface area contributed by atoms with Gasteiger partial charge in [0.25, 0.3) is 0 Å². The van der Waals surface area contributed by atoms with Gasteiger partial charge in [-0.25, -0.2) is 18.4 Å². The molecule has 1 fully saturated rings. The van der Waals surface area contributed by atoms with Gasteiger partial charge in [-0.3, -0.25) is 14.7 Å². The third-order valence-corrected chi connectivity index (χ3v) is 11.4. The highest BCUT2D eigenvalue weighted by Crippen LogP contribution is 2.48. The molecule has 42 heavy (non-hydrogen) atoms. The van der Waals surface area contributed by atoms with E-state index in [4.69, 9.17) is 4.74 Å². The molecule has 0 saturated carbocycles. The lowest BCUT2D eigenvalue weighted by Gasteiger charge is -2.47. The first-order valence-electron chi connectivity index (χ1n) is 14.3. The van der Waals surface area contributed by atoms with Crippen molar-refractivity contribution in [1.29, 1.82) is 0 Å². The minimum absolute atomic E-state index is 0.0159. The van der Waals surface area contributed by atoms with Crippen LogP contribution in [0, 0.1) is 0 Å². The lowest BCUT2D eigenvalue weighted by atomic mass is 9.83. The SMILES string of the molecule is CCS(=O)(=O)c1ccc(CCC(=O)c2cc3c(s2)C2(CCN([C@H](C)c4cnc(C(C)(F)F)nc4)CC2)O[C@@H](C)C3)nc1. The van der Waals surface area contributed by atoms with Crippen LogP contribution >= 0.6 is 11.3 Å². The molecule has 0 radical (unpaired) electrons. The number of Topliss-reactive ketones (excluding diaryl/α,β-unsaturated/α-hetero) is 1. The topological polar surface area (TPSA) is 102 Å². The summed E-state index contributed by atoms with van der Waals surface area (Å²) in [5.74, 6) is -3.50. The van der Waals surface area contributed by atoms with Gasteiger partial charge in [-0.2, -0.15) is 8.78 Å². The van der Waals surface area contributed by atoms with Gasteiger partial charge in [-0.05, 0) is 63.3 Å². The van der Waals surface area contributed by atoms with Crippen molar-refractivity contribution in [3.05, 3.63) is 69.2 Å². The van der Waals surface area contributed by atoms with Crippen LogP contribution in [0.2, 0.25) is 0 Å². The van der Waals surface area contributed by atoms with E-state index >= 15 is 0 Å². The summed E-state index contributed by atoms with van der Waals surface area (Å²) < 4.78 is 57.8. The number of hydrogen-bond donors (Lipinski definition) is 0. The van der Waals surface area contributed by atoms with Crippen LogP contribution in [-0.2, 0) is 38.9 Å². The molecular formula is C30H36F2N4O4S2. The van der Waals surface area contributed by atoms with E-state index in [0.717, 1.165) is 49.7 Å². The Bertz CT molecular complexity index is 1530. The highest BCUT2D eigenvalue weighted by Gasteiger charge is 2.45. The Labute approximate surface area is 249 Å². The Kier molecular flexibility index (Phi) is 8.63. The predicted octanol–water partition coefficient (Wildman–Crippen LogP) is 5.67. The summed E-state index contributed by atoms with van der Waals surface area (Å²) in [7, 11) is -3.31. The molecule has 2 atom stereocenters. The van der Waals surface area contributed by atoms with Gasteiger partial charge in [0.15, 0.2) is 21.4 Å². The first-order valence-corrected chi connectivity index (χ1v) is 16.7. The number of carbonyl (C=O) groups is 1. The molecule has 0 unspecified atom stereocenters. The van der Waals surface area contributed by atoms with Crippen molar-refractivity contribution >= 4 is 27.0 Å². The smallest absolute Gasteiger partial charge is 0.303 e. The number of aromatic nitrogens is 3. The minimum atomic E-state index is -3.31. The fourth-order valence-corrected chi connectivity index (χ4v) is 7.95. The zero-order valence-electron chi connectivity index (χ0n) is 24.3. The van der Waals surface area contributed by atoms with Crippen LogP contribution in [0.3, 0.4) is 0 Å². The second-order valence-electron chi connectivity index (χ2n) is 11.3. The molecule has 0 N–H and O–H groups in total. The standard InChI is InChI=1S/C30H36F2N4O4S2/c1-5-42(38,39)24-8-6-23(33-18-24)7-9-25(37)26-15-21-14-19(2)40-30(27(21)41-26)10-12-36(13-11-30)20(3)22-16-34-28(35-17-22)29(4,31)32/h6,8,15-20H,5,7,9-14H2,1-4H3/t19-,20+/m0/s1. The molecule has 226 valence electrons. The monoisotopic (exact) mass is 618 g/mol. The summed E-state index contributed by atoms with van der Waals surface area (Å²) in [6.45, 7) is 7.97. The number of rotatable bonds is 9. The number of sulfone groups is 1. The number of aryl methyl sites for hydroxylation is 1. The van der Waals surface area contributed by atoms with Crippen LogP contribution in [-0.4, -0.2) is 59.0 Å². The van der Waals surface area contributed by atoms with E-state index < -0.39 is 27.2 Å². The van der Waals surface area contributed by atoms with Gasteiger partial charge in [-0.15, -0.1) is 11.3 Å². The normalized spacial score (nSPS) is 19.9. The number of thiophene rings is 1. The summed E-state index contributed by atoms with van der Waals surface area (Å²) in [6, 6.07) is 5.21. The van der Waals surface area contributed by atoms with Crippen molar-refractivity contribution in [1.82, 2.24) is 19.9 Å². The number of nitrogens with zero attached hydrogens (tertiary/aromatic N) is 4. The van der Waals surface area contributed by atoms with E-state index in [1.807, 2.05) is 13.0 Å². The molecule has 0 amide bonds. The quantitative estimate of drug-likeness (QED) is 0.283. The summed E-state index contributed by atoms with van der Waals surface area (Å²) in [5.41, 5.74) is 2.18.